The van der Waals surface area contributed by atoms with Crippen LogP contribution in [0, 0.1) is 17.7 Å². The summed E-state index contributed by atoms with van der Waals surface area (Å²) in [7, 11) is 1.60. The van der Waals surface area contributed by atoms with Crippen LogP contribution in [0.25, 0.3) is 0 Å². The van der Waals surface area contributed by atoms with E-state index in [1.807, 2.05) is 6.07 Å². The van der Waals surface area contributed by atoms with Crippen LogP contribution in [0.4, 0.5) is 4.39 Å². The van der Waals surface area contributed by atoms with Crippen LogP contribution in [0.2, 0.25) is 0 Å². The van der Waals surface area contributed by atoms with Crippen LogP contribution < -0.4 is 10.1 Å². The minimum atomic E-state index is -0.279. The molecule has 1 fully saturated rings. The monoisotopic (exact) mass is 343 g/mol. The lowest BCUT2D eigenvalue weighted by atomic mass is 9.90. The van der Waals surface area contributed by atoms with E-state index in [0.29, 0.717) is 16.1 Å². The molecule has 20 heavy (non-hydrogen) atoms. The Bertz CT molecular complexity index is 462. The van der Waals surface area contributed by atoms with E-state index in [0.717, 1.165) is 24.4 Å². The Hall–Kier alpha value is -0.610. The fourth-order valence-corrected chi connectivity index (χ4v) is 3.10. The van der Waals surface area contributed by atoms with Crippen molar-refractivity contribution in [2.45, 2.75) is 39.2 Å². The number of benzene rings is 1. The second-order valence-corrected chi connectivity index (χ2v) is 6.49. The van der Waals surface area contributed by atoms with Gasteiger partial charge in [0.1, 0.15) is 11.6 Å². The van der Waals surface area contributed by atoms with Gasteiger partial charge in [-0.2, -0.15) is 0 Å². The second kappa shape index (κ2) is 6.90. The molecule has 1 aliphatic carbocycles. The van der Waals surface area contributed by atoms with E-state index >= 15 is 0 Å². The number of rotatable bonds is 7. The fourth-order valence-electron chi connectivity index (χ4n) is 2.74. The van der Waals surface area contributed by atoms with Crippen molar-refractivity contribution >= 4 is 15.9 Å². The number of hydrogen-bond acceptors (Lipinski definition) is 2. The third-order valence-corrected chi connectivity index (χ3v) is 4.72. The van der Waals surface area contributed by atoms with E-state index in [9.17, 15) is 4.39 Å². The molecule has 4 heteroatoms. The first-order valence-corrected chi connectivity index (χ1v) is 8.14. The van der Waals surface area contributed by atoms with Crippen LogP contribution >= 0.6 is 15.9 Å². The van der Waals surface area contributed by atoms with Gasteiger partial charge in [-0.1, -0.05) is 13.8 Å². The zero-order valence-corrected chi connectivity index (χ0v) is 14.0. The van der Waals surface area contributed by atoms with Gasteiger partial charge < -0.3 is 10.1 Å². The van der Waals surface area contributed by atoms with Crippen LogP contribution in [0.5, 0.6) is 5.75 Å². The van der Waals surface area contributed by atoms with Gasteiger partial charge in [-0.3, -0.25) is 0 Å². The van der Waals surface area contributed by atoms with Crippen molar-refractivity contribution in [3.63, 3.8) is 0 Å². The summed E-state index contributed by atoms with van der Waals surface area (Å²) in [5.74, 6) is 1.66. The van der Waals surface area contributed by atoms with Gasteiger partial charge in [0.15, 0.2) is 0 Å². The highest BCUT2D eigenvalue weighted by Crippen LogP contribution is 2.45. The molecular weight excluding hydrogens is 321 g/mol. The van der Waals surface area contributed by atoms with Crippen LogP contribution in [0.15, 0.2) is 16.6 Å². The van der Waals surface area contributed by atoms with Gasteiger partial charge in [-0.15, -0.1) is 0 Å². The second-order valence-electron chi connectivity index (χ2n) is 5.64. The van der Waals surface area contributed by atoms with Gasteiger partial charge >= 0.3 is 0 Å². The Morgan fingerprint density at radius 2 is 2.15 bits per heavy atom. The lowest BCUT2D eigenvalue weighted by Gasteiger charge is -2.27. The predicted octanol–water partition coefficient (Wildman–Crippen LogP) is 4.68. The topological polar surface area (TPSA) is 21.3 Å². The van der Waals surface area contributed by atoms with Crippen molar-refractivity contribution < 1.29 is 9.13 Å². The lowest BCUT2D eigenvalue weighted by molar-refractivity contribution is 0.331. The first-order valence-electron chi connectivity index (χ1n) is 7.34. The summed E-state index contributed by atoms with van der Waals surface area (Å²) >= 11 is 3.29. The predicted molar refractivity (Wildman–Crippen MR) is 83.6 cm³/mol. The van der Waals surface area contributed by atoms with Gasteiger partial charge in [0.05, 0.1) is 11.6 Å². The number of ether oxygens (including phenoxy) is 1. The van der Waals surface area contributed by atoms with Crippen molar-refractivity contribution in [2.24, 2.45) is 11.8 Å². The molecule has 0 radical (unpaired) electrons. The first kappa shape index (κ1) is 15.8. The molecule has 1 aromatic carbocycles. The first-order chi connectivity index (χ1) is 9.58. The molecule has 2 nitrogen and oxygen atoms in total. The summed E-state index contributed by atoms with van der Waals surface area (Å²) in [6, 6.07) is 3.55. The normalized spacial score (nSPS) is 17.9. The molecule has 2 rings (SSSR count). The third-order valence-electron chi connectivity index (χ3n) is 4.11. The van der Waals surface area contributed by atoms with Gasteiger partial charge in [0.25, 0.3) is 0 Å². The van der Waals surface area contributed by atoms with E-state index in [4.69, 9.17) is 4.74 Å². The van der Waals surface area contributed by atoms with E-state index in [1.165, 1.54) is 18.9 Å². The van der Waals surface area contributed by atoms with Gasteiger partial charge in [-0.05, 0) is 59.6 Å². The maximum Gasteiger partial charge on any atom is 0.141 e. The summed E-state index contributed by atoms with van der Waals surface area (Å²) in [6.07, 6.45) is 3.69. The number of hydrogen-bond donors (Lipinski definition) is 1. The van der Waals surface area contributed by atoms with Crippen LogP contribution in [-0.4, -0.2) is 13.7 Å². The fraction of sp³-hybridized carbons (Fsp3) is 0.625. The molecule has 1 saturated carbocycles. The quantitative estimate of drug-likeness (QED) is 0.775. The van der Waals surface area contributed by atoms with Crippen molar-refractivity contribution in [3.05, 3.63) is 28.0 Å². The lowest BCUT2D eigenvalue weighted by Crippen LogP contribution is -2.29. The third kappa shape index (κ3) is 3.53. The molecule has 2 unspecified atom stereocenters. The van der Waals surface area contributed by atoms with Crippen molar-refractivity contribution in [1.29, 1.82) is 0 Å². The Balaban J connectivity index is 2.33. The molecule has 1 aromatic rings. The Morgan fingerprint density at radius 3 is 2.70 bits per heavy atom. The number of halogens is 2. The molecule has 112 valence electrons. The summed E-state index contributed by atoms with van der Waals surface area (Å²) in [5.41, 5.74) is 1.05. The number of nitrogens with one attached hydrogen (secondary N) is 1. The Labute approximate surface area is 129 Å². The van der Waals surface area contributed by atoms with Crippen molar-refractivity contribution in [3.8, 4) is 5.75 Å². The highest BCUT2D eigenvalue weighted by atomic mass is 79.9. The highest BCUT2D eigenvalue weighted by Gasteiger charge is 2.35. The molecule has 0 aliphatic heterocycles. The van der Waals surface area contributed by atoms with E-state index < -0.39 is 0 Å². The molecule has 0 bridgehead atoms. The maximum atomic E-state index is 13.7. The summed E-state index contributed by atoms with van der Waals surface area (Å²) in [6.45, 7) is 5.39. The molecule has 0 saturated heterocycles. The Morgan fingerprint density at radius 1 is 1.45 bits per heavy atom. The molecule has 0 aromatic heterocycles. The standard InChI is InChI=1S/C16H23BrFNO/c1-4-7-19-16(10(2)11-5-6-11)12-8-13(17)14(18)9-15(12)20-3/h8-11,16,19H,4-7H2,1-3H3. The van der Waals surface area contributed by atoms with E-state index in [2.05, 4.69) is 35.1 Å². The summed E-state index contributed by atoms with van der Waals surface area (Å²) in [4.78, 5) is 0. The van der Waals surface area contributed by atoms with Crippen LogP contribution in [-0.2, 0) is 0 Å². The zero-order valence-electron chi connectivity index (χ0n) is 12.4. The number of methoxy groups -OCH3 is 1. The zero-order chi connectivity index (χ0) is 14.7. The van der Waals surface area contributed by atoms with Gasteiger partial charge in [0.2, 0.25) is 0 Å². The SMILES string of the molecule is CCCNC(c1cc(Br)c(F)cc1OC)C(C)C1CC1. The summed E-state index contributed by atoms with van der Waals surface area (Å²) < 4.78 is 19.6. The Kier molecular flexibility index (Phi) is 5.44. The smallest absolute Gasteiger partial charge is 0.141 e. The summed E-state index contributed by atoms with van der Waals surface area (Å²) in [5, 5.41) is 3.60. The van der Waals surface area contributed by atoms with Crippen molar-refractivity contribution in [1.82, 2.24) is 5.32 Å². The molecule has 0 heterocycles. The largest absolute Gasteiger partial charge is 0.496 e. The minimum Gasteiger partial charge on any atom is -0.496 e. The minimum absolute atomic E-state index is 0.217. The van der Waals surface area contributed by atoms with Gasteiger partial charge in [-0.25, -0.2) is 4.39 Å². The van der Waals surface area contributed by atoms with Crippen LogP contribution in [0.1, 0.15) is 44.7 Å². The molecule has 2 atom stereocenters. The average Bonchev–Trinajstić information content (AvgIpc) is 3.26. The van der Waals surface area contributed by atoms with Crippen molar-refractivity contribution in [2.75, 3.05) is 13.7 Å². The highest BCUT2D eigenvalue weighted by molar-refractivity contribution is 9.10. The molecule has 0 amide bonds. The van der Waals surface area contributed by atoms with Gasteiger partial charge in [0, 0.05) is 17.7 Å². The van der Waals surface area contributed by atoms with E-state index in [1.54, 1.807) is 7.11 Å². The van der Waals surface area contributed by atoms with Crippen LogP contribution in [0.3, 0.4) is 0 Å². The molecule has 1 aliphatic rings. The molecule has 0 spiro atoms. The average molecular weight is 344 g/mol. The molecular formula is C16H23BrFNO. The molecule has 1 N–H and O–H groups in total. The maximum absolute atomic E-state index is 13.7. The van der Waals surface area contributed by atoms with E-state index in [-0.39, 0.29) is 11.9 Å².